The lowest BCUT2D eigenvalue weighted by molar-refractivity contribution is -0.385. The van der Waals surface area contributed by atoms with Gasteiger partial charge in [0.2, 0.25) is 0 Å². The van der Waals surface area contributed by atoms with E-state index in [1.54, 1.807) is 12.1 Å². The van der Waals surface area contributed by atoms with E-state index in [0.29, 0.717) is 17.5 Å². The van der Waals surface area contributed by atoms with E-state index in [2.05, 4.69) is 17.1 Å². The van der Waals surface area contributed by atoms with Crippen molar-refractivity contribution >= 4 is 17.3 Å². The minimum atomic E-state index is -0.346. The molecule has 0 saturated carbocycles. The monoisotopic (exact) mass is 311 g/mol. The van der Waals surface area contributed by atoms with Gasteiger partial charge < -0.3 is 5.32 Å². The molecule has 5 nitrogen and oxygen atoms in total. The minimum Gasteiger partial charge on any atom is -0.317 e. The predicted octanol–water partition coefficient (Wildman–Crippen LogP) is 3.07. The van der Waals surface area contributed by atoms with Crippen LogP contribution in [-0.4, -0.2) is 36.0 Å². The van der Waals surface area contributed by atoms with Crippen LogP contribution in [0.3, 0.4) is 0 Å². The lowest BCUT2D eigenvalue weighted by Gasteiger charge is -2.32. The van der Waals surface area contributed by atoms with Crippen molar-refractivity contribution in [3.05, 3.63) is 38.9 Å². The average molecular weight is 312 g/mol. The van der Waals surface area contributed by atoms with Crippen LogP contribution >= 0.6 is 11.6 Å². The Labute approximate surface area is 130 Å². The van der Waals surface area contributed by atoms with E-state index in [-0.39, 0.29) is 10.6 Å². The van der Waals surface area contributed by atoms with E-state index in [0.717, 1.165) is 38.2 Å². The van der Waals surface area contributed by atoms with Crippen molar-refractivity contribution in [2.75, 3.05) is 26.2 Å². The molecule has 2 rings (SSSR count). The highest BCUT2D eigenvalue weighted by molar-refractivity contribution is 6.30. The van der Waals surface area contributed by atoms with Crippen LogP contribution < -0.4 is 5.32 Å². The summed E-state index contributed by atoms with van der Waals surface area (Å²) in [5.41, 5.74) is 0.866. The average Bonchev–Trinajstić information content (AvgIpc) is 2.47. The topological polar surface area (TPSA) is 58.4 Å². The second kappa shape index (κ2) is 7.73. The van der Waals surface area contributed by atoms with Gasteiger partial charge in [0.25, 0.3) is 5.69 Å². The second-order valence-corrected chi connectivity index (χ2v) is 6.02. The molecule has 0 radical (unpaired) electrons. The third kappa shape index (κ3) is 4.66. The zero-order valence-electron chi connectivity index (χ0n) is 12.3. The summed E-state index contributed by atoms with van der Waals surface area (Å²) in [5, 5.41) is 14.9. The maximum atomic E-state index is 11.1. The van der Waals surface area contributed by atoms with Crippen LogP contribution in [0, 0.1) is 16.0 Å². The molecule has 1 aliphatic heterocycles. The van der Waals surface area contributed by atoms with Crippen molar-refractivity contribution < 1.29 is 4.92 Å². The Bertz CT molecular complexity index is 496. The van der Waals surface area contributed by atoms with Crippen LogP contribution in [0.15, 0.2) is 18.2 Å². The van der Waals surface area contributed by atoms with Crippen LogP contribution in [0.1, 0.15) is 25.3 Å². The van der Waals surface area contributed by atoms with Gasteiger partial charge in [-0.2, -0.15) is 0 Å². The summed E-state index contributed by atoms with van der Waals surface area (Å²) < 4.78 is 0. The molecule has 1 N–H and O–H groups in total. The molecular formula is C15H22ClN3O2. The molecule has 0 bridgehead atoms. The Balaban J connectivity index is 2.02. The Hall–Kier alpha value is -1.17. The fourth-order valence-electron chi connectivity index (χ4n) is 2.89. The number of hydrogen-bond donors (Lipinski definition) is 1. The Morgan fingerprint density at radius 2 is 2.33 bits per heavy atom. The molecular weight excluding hydrogens is 290 g/mol. The number of piperidine rings is 1. The van der Waals surface area contributed by atoms with Crippen LogP contribution in [0.4, 0.5) is 5.69 Å². The molecule has 1 atom stereocenters. The quantitative estimate of drug-likeness (QED) is 0.648. The zero-order chi connectivity index (χ0) is 15.2. The molecule has 1 saturated heterocycles. The number of nitro benzene ring substituents is 1. The highest BCUT2D eigenvalue weighted by atomic mass is 35.5. The molecule has 0 spiro atoms. The molecule has 1 aromatic carbocycles. The van der Waals surface area contributed by atoms with E-state index in [4.69, 9.17) is 11.6 Å². The summed E-state index contributed by atoms with van der Waals surface area (Å²) in [5.74, 6) is 0.630. The number of hydrogen-bond acceptors (Lipinski definition) is 4. The van der Waals surface area contributed by atoms with Gasteiger partial charge in [-0.05, 0) is 50.5 Å². The van der Waals surface area contributed by atoms with Gasteiger partial charge in [0, 0.05) is 29.7 Å². The van der Waals surface area contributed by atoms with E-state index < -0.39 is 0 Å². The van der Waals surface area contributed by atoms with Crippen LogP contribution in [0.5, 0.6) is 0 Å². The summed E-state index contributed by atoms with van der Waals surface area (Å²) in [6.07, 6.45) is 2.38. The van der Waals surface area contributed by atoms with Crippen molar-refractivity contribution in [2.45, 2.75) is 26.3 Å². The normalized spacial score (nSPS) is 19.6. The largest absolute Gasteiger partial charge is 0.317 e. The first-order chi connectivity index (χ1) is 10.1. The summed E-state index contributed by atoms with van der Waals surface area (Å²) in [6, 6.07) is 4.94. The van der Waals surface area contributed by atoms with Gasteiger partial charge in [0.15, 0.2) is 0 Å². The van der Waals surface area contributed by atoms with Crippen molar-refractivity contribution in [2.24, 2.45) is 5.92 Å². The van der Waals surface area contributed by atoms with E-state index in [1.165, 1.54) is 12.5 Å². The van der Waals surface area contributed by atoms with Crippen molar-refractivity contribution in [3.63, 3.8) is 0 Å². The van der Waals surface area contributed by atoms with Gasteiger partial charge >= 0.3 is 0 Å². The van der Waals surface area contributed by atoms with Crippen molar-refractivity contribution in [1.82, 2.24) is 10.2 Å². The lowest BCUT2D eigenvalue weighted by atomic mass is 9.97. The van der Waals surface area contributed by atoms with Gasteiger partial charge in [-0.3, -0.25) is 15.0 Å². The molecule has 116 valence electrons. The first kappa shape index (κ1) is 16.2. The van der Waals surface area contributed by atoms with E-state index in [9.17, 15) is 10.1 Å². The zero-order valence-corrected chi connectivity index (χ0v) is 13.1. The second-order valence-electron chi connectivity index (χ2n) is 5.58. The minimum absolute atomic E-state index is 0.122. The van der Waals surface area contributed by atoms with Crippen LogP contribution in [0.2, 0.25) is 5.02 Å². The first-order valence-electron chi connectivity index (χ1n) is 7.46. The molecule has 1 aliphatic rings. The molecule has 1 unspecified atom stereocenters. The van der Waals surface area contributed by atoms with Gasteiger partial charge in [0.05, 0.1) is 4.92 Å². The predicted molar refractivity (Wildman–Crippen MR) is 84.7 cm³/mol. The van der Waals surface area contributed by atoms with Crippen molar-refractivity contribution in [3.8, 4) is 0 Å². The van der Waals surface area contributed by atoms with Gasteiger partial charge in [-0.1, -0.05) is 18.5 Å². The van der Waals surface area contributed by atoms with Crippen molar-refractivity contribution in [1.29, 1.82) is 0 Å². The van der Waals surface area contributed by atoms with Gasteiger partial charge in [0.1, 0.15) is 0 Å². The molecule has 21 heavy (non-hydrogen) atoms. The maximum Gasteiger partial charge on any atom is 0.275 e. The van der Waals surface area contributed by atoms with Gasteiger partial charge in [-0.15, -0.1) is 0 Å². The number of likely N-dealkylation sites (tertiary alicyclic amines) is 1. The lowest BCUT2D eigenvalue weighted by Crippen LogP contribution is -2.39. The molecule has 0 aliphatic carbocycles. The number of rotatable bonds is 6. The fourth-order valence-corrected chi connectivity index (χ4v) is 3.06. The molecule has 1 heterocycles. The number of halogens is 1. The Morgan fingerprint density at radius 3 is 3.05 bits per heavy atom. The molecule has 1 fully saturated rings. The highest BCUT2D eigenvalue weighted by Gasteiger charge is 2.22. The first-order valence-corrected chi connectivity index (χ1v) is 7.83. The van der Waals surface area contributed by atoms with E-state index >= 15 is 0 Å². The number of nitrogens with one attached hydrogen (secondary N) is 1. The molecule has 1 aromatic rings. The maximum absolute atomic E-state index is 11.1. The summed E-state index contributed by atoms with van der Waals surface area (Å²) in [4.78, 5) is 13.1. The fraction of sp³-hybridized carbons (Fsp3) is 0.600. The molecule has 0 aromatic heterocycles. The standard InChI is InChI=1S/C15H22ClN3O2/c1-2-17-9-12-4-3-7-18(10-12)11-13-5-6-14(16)8-15(13)19(20)21/h5-6,8,12,17H,2-4,7,9-11H2,1H3. The number of nitro groups is 1. The molecule has 0 amide bonds. The SMILES string of the molecule is CCNCC1CCCN(Cc2ccc(Cl)cc2[N+](=O)[O-])C1. The number of benzene rings is 1. The van der Waals surface area contributed by atoms with Crippen LogP contribution in [0.25, 0.3) is 0 Å². The summed E-state index contributed by atoms with van der Waals surface area (Å²) in [6.45, 7) is 6.73. The Morgan fingerprint density at radius 1 is 1.52 bits per heavy atom. The third-order valence-electron chi connectivity index (χ3n) is 3.92. The number of nitrogens with zero attached hydrogens (tertiary/aromatic N) is 2. The molecule has 6 heteroatoms. The van der Waals surface area contributed by atoms with E-state index in [1.807, 2.05) is 0 Å². The third-order valence-corrected chi connectivity index (χ3v) is 4.16. The Kier molecular flexibility index (Phi) is 5.96. The highest BCUT2D eigenvalue weighted by Crippen LogP contribution is 2.26. The smallest absolute Gasteiger partial charge is 0.275 e. The van der Waals surface area contributed by atoms with Crippen LogP contribution in [-0.2, 0) is 6.54 Å². The van der Waals surface area contributed by atoms with Gasteiger partial charge in [-0.25, -0.2) is 0 Å². The summed E-state index contributed by atoms with van der Waals surface area (Å²) >= 11 is 5.86. The summed E-state index contributed by atoms with van der Waals surface area (Å²) in [7, 11) is 0.